The van der Waals surface area contributed by atoms with Crippen LogP contribution < -0.4 is 0 Å². The van der Waals surface area contributed by atoms with Crippen LogP contribution in [0.5, 0.6) is 0 Å². The summed E-state index contributed by atoms with van der Waals surface area (Å²) in [6, 6.07) is -1.21. The van der Waals surface area contributed by atoms with Gasteiger partial charge in [-0.1, -0.05) is 0 Å². The highest BCUT2D eigenvalue weighted by Crippen LogP contribution is 2.19. The minimum atomic E-state index is -3.21. The third-order valence-corrected chi connectivity index (χ3v) is 4.82. The first-order chi connectivity index (χ1) is 9.12. The normalized spacial score (nSPS) is 22.2. The van der Waals surface area contributed by atoms with Crippen LogP contribution in [-0.2, 0) is 14.6 Å². The van der Waals surface area contributed by atoms with Gasteiger partial charge in [-0.2, -0.15) is 0 Å². The maximum absolute atomic E-state index is 12.2. The lowest BCUT2D eigenvalue weighted by molar-refractivity contribution is -0.138. The number of amides is 2. The fourth-order valence-corrected chi connectivity index (χ4v) is 3.94. The van der Waals surface area contributed by atoms with Crippen LogP contribution in [0.25, 0.3) is 0 Å². The molecular formula is C11H20N2O6S. The minimum Gasteiger partial charge on any atom is -0.480 e. The average molecular weight is 308 g/mol. The molecule has 1 aliphatic rings. The molecule has 2 N–H and O–H groups in total. The number of carboxylic acids is 1. The zero-order chi connectivity index (χ0) is 15.5. The Bertz CT molecular complexity index is 475. The van der Waals surface area contributed by atoms with Crippen LogP contribution in [0.2, 0.25) is 0 Å². The molecule has 0 bridgehead atoms. The number of hydrogen-bond acceptors (Lipinski definition) is 5. The predicted octanol–water partition coefficient (Wildman–Crippen LogP) is -1.01. The Hall–Kier alpha value is -1.35. The van der Waals surface area contributed by atoms with Crippen LogP contribution in [0.4, 0.5) is 4.79 Å². The first kappa shape index (κ1) is 16.7. The van der Waals surface area contributed by atoms with Crippen molar-refractivity contribution in [3.8, 4) is 0 Å². The molecule has 1 fully saturated rings. The molecule has 0 spiro atoms. The van der Waals surface area contributed by atoms with E-state index in [1.165, 1.54) is 18.9 Å². The number of sulfone groups is 1. The van der Waals surface area contributed by atoms with E-state index in [-0.39, 0.29) is 24.5 Å². The Morgan fingerprint density at radius 3 is 2.40 bits per heavy atom. The molecule has 9 heteroatoms. The van der Waals surface area contributed by atoms with Gasteiger partial charge in [0.2, 0.25) is 0 Å². The minimum absolute atomic E-state index is 0.0405. The molecule has 2 unspecified atom stereocenters. The molecule has 0 aromatic carbocycles. The number of likely N-dealkylation sites (N-methyl/N-ethyl adjacent to an activating group) is 1. The molecule has 0 aromatic rings. The average Bonchev–Trinajstić information content (AvgIpc) is 2.64. The highest BCUT2D eigenvalue weighted by molar-refractivity contribution is 7.91. The van der Waals surface area contributed by atoms with Gasteiger partial charge in [-0.05, 0) is 13.3 Å². The molecule has 2 amide bonds. The van der Waals surface area contributed by atoms with Gasteiger partial charge in [0.1, 0.15) is 6.54 Å². The smallest absolute Gasteiger partial charge is 0.323 e. The number of rotatable bonds is 5. The highest BCUT2D eigenvalue weighted by Gasteiger charge is 2.36. The van der Waals surface area contributed by atoms with Crippen LogP contribution >= 0.6 is 0 Å². The lowest BCUT2D eigenvalue weighted by Gasteiger charge is -2.31. The molecule has 1 aliphatic heterocycles. The number of urea groups is 1. The fourth-order valence-electron chi connectivity index (χ4n) is 2.21. The van der Waals surface area contributed by atoms with E-state index in [1.807, 2.05) is 0 Å². The molecule has 0 saturated carbocycles. The van der Waals surface area contributed by atoms with E-state index in [2.05, 4.69) is 0 Å². The molecule has 0 radical (unpaired) electrons. The van der Waals surface area contributed by atoms with E-state index in [0.29, 0.717) is 0 Å². The van der Waals surface area contributed by atoms with Crippen molar-refractivity contribution in [1.82, 2.24) is 9.80 Å². The summed E-state index contributed by atoms with van der Waals surface area (Å²) < 4.78 is 22.9. The van der Waals surface area contributed by atoms with Crippen LogP contribution in [0, 0.1) is 0 Å². The number of carboxylic acid groups (broad SMARTS) is 1. The van der Waals surface area contributed by atoms with Crippen molar-refractivity contribution in [2.24, 2.45) is 0 Å². The molecule has 0 aliphatic carbocycles. The quantitative estimate of drug-likeness (QED) is 0.672. The third kappa shape index (κ3) is 4.64. The van der Waals surface area contributed by atoms with E-state index in [0.717, 1.165) is 4.90 Å². The van der Waals surface area contributed by atoms with Crippen molar-refractivity contribution < 1.29 is 28.2 Å². The largest absolute Gasteiger partial charge is 0.480 e. The van der Waals surface area contributed by atoms with Gasteiger partial charge in [0.25, 0.3) is 0 Å². The molecule has 1 saturated heterocycles. The summed E-state index contributed by atoms with van der Waals surface area (Å²) in [4.78, 5) is 25.3. The number of aliphatic hydroxyl groups excluding tert-OH is 1. The Balaban J connectivity index is 2.84. The number of aliphatic hydroxyl groups is 1. The van der Waals surface area contributed by atoms with E-state index < -0.39 is 40.5 Å². The monoisotopic (exact) mass is 308 g/mol. The fraction of sp³-hybridized carbons (Fsp3) is 0.818. The van der Waals surface area contributed by atoms with Crippen molar-refractivity contribution in [3.63, 3.8) is 0 Å². The van der Waals surface area contributed by atoms with Crippen molar-refractivity contribution in [2.75, 3.05) is 31.6 Å². The zero-order valence-corrected chi connectivity index (χ0v) is 12.3. The topological polar surface area (TPSA) is 115 Å². The summed E-state index contributed by atoms with van der Waals surface area (Å²) in [7, 11) is -1.78. The number of carbonyl (C=O) groups is 2. The van der Waals surface area contributed by atoms with Gasteiger partial charge in [-0.15, -0.1) is 0 Å². The maximum atomic E-state index is 12.2. The molecule has 1 heterocycles. The van der Waals surface area contributed by atoms with Crippen LogP contribution in [0.1, 0.15) is 13.3 Å². The Morgan fingerprint density at radius 1 is 1.40 bits per heavy atom. The summed E-state index contributed by atoms with van der Waals surface area (Å²) in [6.07, 6.45) is -0.507. The predicted molar refractivity (Wildman–Crippen MR) is 71.1 cm³/mol. The van der Waals surface area contributed by atoms with Crippen LogP contribution in [0.15, 0.2) is 0 Å². The van der Waals surface area contributed by atoms with E-state index in [4.69, 9.17) is 5.11 Å². The van der Waals surface area contributed by atoms with Gasteiger partial charge >= 0.3 is 12.0 Å². The van der Waals surface area contributed by atoms with E-state index in [1.54, 1.807) is 0 Å². The molecule has 116 valence electrons. The number of aliphatic carboxylic acids is 1. The Morgan fingerprint density at radius 2 is 2.00 bits per heavy atom. The zero-order valence-electron chi connectivity index (χ0n) is 11.5. The lowest BCUT2D eigenvalue weighted by Crippen LogP contribution is -2.50. The summed E-state index contributed by atoms with van der Waals surface area (Å²) >= 11 is 0. The van der Waals surface area contributed by atoms with Gasteiger partial charge in [0.05, 0.1) is 17.6 Å². The van der Waals surface area contributed by atoms with Gasteiger partial charge in [-0.3, -0.25) is 4.79 Å². The molecule has 20 heavy (non-hydrogen) atoms. The van der Waals surface area contributed by atoms with Gasteiger partial charge in [0, 0.05) is 19.6 Å². The number of carbonyl (C=O) groups excluding carboxylic acids is 1. The summed E-state index contributed by atoms with van der Waals surface area (Å²) in [6.45, 7) is 1.00. The van der Waals surface area contributed by atoms with Crippen LogP contribution in [-0.4, -0.2) is 84.2 Å². The van der Waals surface area contributed by atoms with Gasteiger partial charge < -0.3 is 20.0 Å². The molecule has 0 aromatic heterocycles. The summed E-state index contributed by atoms with van der Waals surface area (Å²) in [5, 5.41) is 18.1. The first-order valence-corrected chi connectivity index (χ1v) is 8.06. The van der Waals surface area contributed by atoms with E-state index >= 15 is 0 Å². The van der Waals surface area contributed by atoms with Crippen LogP contribution in [0.3, 0.4) is 0 Å². The maximum Gasteiger partial charge on any atom is 0.323 e. The second-order valence-electron chi connectivity index (χ2n) is 5.09. The number of hydrogen-bond donors (Lipinski definition) is 2. The van der Waals surface area contributed by atoms with Crippen molar-refractivity contribution >= 4 is 21.8 Å². The molecule has 8 nitrogen and oxygen atoms in total. The number of nitrogens with zero attached hydrogens (tertiary/aromatic N) is 2. The molecule has 2 atom stereocenters. The Labute approximate surface area is 117 Å². The lowest BCUT2D eigenvalue weighted by atomic mass is 10.2. The SMILES string of the molecule is CC(O)CN(C)C(=O)N(CC(=O)O)C1CCS(=O)(=O)C1. The Kier molecular flexibility index (Phi) is 5.35. The van der Waals surface area contributed by atoms with Crippen molar-refractivity contribution in [2.45, 2.75) is 25.5 Å². The van der Waals surface area contributed by atoms with Crippen molar-refractivity contribution in [3.05, 3.63) is 0 Å². The third-order valence-electron chi connectivity index (χ3n) is 3.07. The van der Waals surface area contributed by atoms with Gasteiger partial charge in [0.15, 0.2) is 9.84 Å². The van der Waals surface area contributed by atoms with Crippen molar-refractivity contribution in [1.29, 1.82) is 0 Å². The standard InChI is InChI=1S/C11H20N2O6S/c1-8(14)5-12(2)11(17)13(6-10(15)16)9-3-4-20(18,19)7-9/h8-9,14H,3-7H2,1-2H3,(H,15,16). The summed E-state index contributed by atoms with van der Waals surface area (Å²) in [5.74, 6) is -1.46. The molecular weight excluding hydrogens is 288 g/mol. The second kappa shape index (κ2) is 6.40. The summed E-state index contributed by atoms with van der Waals surface area (Å²) in [5.41, 5.74) is 0. The van der Waals surface area contributed by atoms with E-state index in [9.17, 15) is 23.1 Å². The first-order valence-electron chi connectivity index (χ1n) is 6.24. The highest BCUT2D eigenvalue weighted by atomic mass is 32.2. The van der Waals surface area contributed by atoms with Gasteiger partial charge in [-0.25, -0.2) is 13.2 Å². The second-order valence-corrected chi connectivity index (χ2v) is 7.32. The molecule has 1 rings (SSSR count).